The van der Waals surface area contributed by atoms with E-state index in [1.54, 1.807) is 7.11 Å². The first-order valence-electron chi connectivity index (χ1n) is 5.47. The Morgan fingerprint density at radius 1 is 1.25 bits per heavy atom. The fourth-order valence-electron chi connectivity index (χ4n) is 1.62. The number of hydrogen-bond donors (Lipinski definition) is 1. The Morgan fingerprint density at radius 2 is 1.94 bits per heavy atom. The number of methoxy groups -OCH3 is 1. The first kappa shape index (κ1) is 12.8. The molecule has 0 aliphatic carbocycles. The highest BCUT2D eigenvalue weighted by molar-refractivity contribution is 5.42. The lowest BCUT2D eigenvalue weighted by molar-refractivity contribution is 0.106. The molecule has 0 aromatic heterocycles. The zero-order chi connectivity index (χ0) is 12.2. The number of benzene rings is 1. The number of rotatable bonds is 5. The van der Waals surface area contributed by atoms with Crippen LogP contribution >= 0.6 is 0 Å². The first-order valence-corrected chi connectivity index (χ1v) is 5.47. The van der Waals surface area contributed by atoms with Crippen LogP contribution in [0.1, 0.15) is 19.4 Å². The summed E-state index contributed by atoms with van der Waals surface area (Å²) in [4.78, 5) is 0. The van der Waals surface area contributed by atoms with Gasteiger partial charge in [-0.3, -0.25) is 0 Å². The van der Waals surface area contributed by atoms with E-state index in [0.717, 1.165) is 23.6 Å². The summed E-state index contributed by atoms with van der Waals surface area (Å²) in [6.45, 7) is 6.90. The van der Waals surface area contributed by atoms with E-state index in [1.165, 1.54) is 0 Å². The largest absolute Gasteiger partial charge is 0.493 e. The predicted molar refractivity (Wildman–Crippen MR) is 66.4 cm³/mol. The number of ether oxygens (including phenoxy) is 2. The maximum atomic E-state index is 5.93. The second-order valence-corrected chi connectivity index (χ2v) is 4.55. The van der Waals surface area contributed by atoms with Crippen LogP contribution in [0.5, 0.6) is 11.5 Å². The molecule has 0 unspecified atom stereocenters. The Bertz CT molecular complexity index is 348. The van der Waals surface area contributed by atoms with Gasteiger partial charge in [0.15, 0.2) is 11.5 Å². The standard InChI is InChI=1S/C13H21NO2/c1-10-6-7-11(12(8-10)15-5)16-13(2,3)9-14-4/h6-8,14H,9H2,1-5H3. The quantitative estimate of drug-likeness (QED) is 0.831. The molecule has 0 bridgehead atoms. The molecule has 1 rings (SSSR count). The lowest BCUT2D eigenvalue weighted by atomic mass is 10.1. The lowest BCUT2D eigenvalue weighted by Gasteiger charge is -2.27. The van der Waals surface area contributed by atoms with E-state index in [9.17, 15) is 0 Å². The van der Waals surface area contributed by atoms with Crippen LogP contribution in [-0.4, -0.2) is 26.3 Å². The summed E-state index contributed by atoms with van der Waals surface area (Å²) in [6.07, 6.45) is 0. The third-order valence-corrected chi connectivity index (χ3v) is 2.31. The fourth-order valence-corrected chi connectivity index (χ4v) is 1.62. The van der Waals surface area contributed by atoms with Gasteiger partial charge in [-0.2, -0.15) is 0 Å². The average molecular weight is 223 g/mol. The molecule has 0 saturated heterocycles. The van der Waals surface area contributed by atoms with Crippen molar-refractivity contribution in [1.82, 2.24) is 5.32 Å². The van der Waals surface area contributed by atoms with Gasteiger partial charge in [0.05, 0.1) is 7.11 Å². The predicted octanol–water partition coefficient (Wildman–Crippen LogP) is 2.38. The van der Waals surface area contributed by atoms with E-state index >= 15 is 0 Å². The van der Waals surface area contributed by atoms with Crippen molar-refractivity contribution >= 4 is 0 Å². The Hall–Kier alpha value is -1.22. The summed E-state index contributed by atoms with van der Waals surface area (Å²) in [5.74, 6) is 1.57. The van der Waals surface area contributed by atoms with Crippen molar-refractivity contribution in [3.05, 3.63) is 23.8 Å². The van der Waals surface area contributed by atoms with E-state index in [0.29, 0.717) is 0 Å². The van der Waals surface area contributed by atoms with Gasteiger partial charge in [-0.15, -0.1) is 0 Å². The minimum absolute atomic E-state index is 0.253. The van der Waals surface area contributed by atoms with Gasteiger partial charge in [-0.05, 0) is 45.5 Å². The molecule has 16 heavy (non-hydrogen) atoms. The number of aryl methyl sites for hydroxylation is 1. The normalized spacial score (nSPS) is 11.3. The lowest BCUT2D eigenvalue weighted by Crippen LogP contribution is -2.38. The van der Waals surface area contributed by atoms with Crippen molar-refractivity contribution in [2.75, 3.05) is 20.7 Å². The van der Waals surface area contributed by atoms with Crippen LogP contribution in [0.2, 0.25) is 0 Å². The second kappa shape index (κ2) is 5.21. The van der Waals surface area contributed by atoms with Gasteiger partial charge in [0.2, 0.25) is 0 Å². The van der Waals surface area contributed by atoms with Crippen molar-refractivity contribution in [3.8, 4) is 11.5 Å². The highest BCUT2D eigenvalue weighted by Crippen LogP contribution is 2.30. The molecule has 0 aliphatic heterocycles. The van der Waals surface area contributed by atoms with Gasteiger partial charge >= 0.3 is 0 Å². The van der Waals surface area contributed by atoms with Gasteiger partial charge in [-0.1, -0.05) is 6.07 Å². The maximum absolute atomic E-state index is 5.93. The summed E-state index contributed by atoms with van der Waals surface area (Å²) in [5.41, 5.74) is 0.910. The van der Waals surface area contributed by atoms with Crippen molar-refractivity contribution in [2.24, 2.45) is 0 Å². The minimum Gasteiger partial charge on any atom is -0.493 e. The molecule has 1 N–H and O–H groups in total. The summed E-state index contributed by atoms with van der Waals surface area (Å²) in [6, 6.07) is 5.95. The smallest absolute Gasteiger partial charge is 0.162 e. The average Bonchev–Trinajstić information content (AvgIpc) is 2.20. The molecule has 0 atom stereocenters. The topological polar surface area (TPSA) is 30.5 Å². The Labute approximate surface area is 97.8 Å². The molecule has 1 aromatic carbocycles. The molecule has 3 nitrogen and oxygen atoms in total. The fraction of sp³-hybridized carbons (Fsp3) is 0.538. The summed E-state index contributed by atoms with van der Waals surface area (Å²) in [7, 11) is 3.57. The third kappa shape index (κ3) is 3.42. The van der Waals surface area contributed by atoms with Gasteiger partial charge in [0.25, 0.3) is 0 Å². The van der Waals surface area contributed by atoms with Gasteiger partial charge in [0.1, 0.15) is 5.60 Å². The van der Waals surface area contributed by atoms with Crippen LogP contribution in [0, 0.1) is 6.92 Å². The SMILES string of the molecule is CNCC(C)(C)Oc1ccc(C)cc1OC. The number of likely N-dealkylation sites (N-methyl/N-ethyl adjacent to an activating group) is 1. The van der Waals surface area contributed by atoms with Crippen molar-refractivity contribution in [3.63, 3.8) is 0 Å². The number of hydrogen-bond acceptors (Lipinski definition) is 3. The van der Waals surface area contributed by atoms with E-state index in [1.807, 2.05) is 46.0 Å². The van der Waals surface area contributed by atoms with Crippen molar-refractivity contribution in [2.45, 2.75) is 26.4 Å². The summed E-state index contributed by atoms with van der Waals surface area (Å²) in [5, 5.41) is 3.11. The molecule has 1 aromatic rings. The highest BCUT2D eigenvalue weighted by Gasteiger charge is 2.20. The molecule has 0 heterocycles. The molecule has 0 amide bonds. The van der Waals surface area contributed by atoms with Crippen LogP contribution < -0.4 is 14.8 Å². The Morgan fingerprint density at radius 3 is 2.50 bits per heavy atom. The Balaban J connectivity index is 2.88. The molecular weight excluding hydrogens is 202 g/mol. The molecule has 0 spiro atoms. The molecule has 0 aliphatic rings. The summed E-state index contributed by atoms with van der Waals surface area (Å²) < 4.78 is 11.2. The second-order valence-electron chi connectivity index (χ2n) is 4.55. The highest BCUT2D eigenvalue weighted by atomic mass is 16.5. The Kier molecular flexibility index (Phi) is 4.19. The monoisotopic (exact) mass is 223 g/mol. The molecule has 0 fully saturated rings. The molecule has 0 saturated carbocycles. The van der Waals surface area contributed by atoms with E-state index in [-0.39, 0.29) is 5.60 Å². The first-order chi connectivity index (χ1) is 7.48. The van der Waals surface area contributed by atoms with E-state index in [2.05, 4.69) is 5.32 Å². The van der Waals surface area contributed by atoms with Crippen LogP contribution in [-0.2, 0) is 0 Å². The molecule has 3 heteroatoms. The van der Waals surface area contributed by atoms with Crippen LogP contribution in [0.4, 0.5) is 0 Å². The van der Waals surface area contributed by atoms with E-state index < -0.39 is 0 Å². The van der Waals surface area contributed by atoms with Crippen molar-refractivity contribution in [1.29, 1.82) is 0 Å². The summed E-state index contributed by atoms with van der Waals surface area (Å²) >= 11 is 0. The van der Waals surface area contributed by atoms with Gasteiger partial charge < -0.3 is 14.8 Å². The van der Waals surface area contributed by atoms with Crippen molar-refractivity contribution < 1.29 is 9.47 Å². The molecular formula is C13H21NO2. The van der Waals surface area contributed by atoms with E-state index in [4.69, 9.17) is 9.47 Å². The minimum atomic E-state index is -0.253. The van der Waals surface area contributed by atoms with Gasteiger partial charge in [0, 0.05) is 6.54 Å². The number of nitrogens with one attached hydrogen (secondary N) is 1. The van der Waals surface area contributed by atoms with Crippen LogP contribution in [0.3, 0.4) is 0 Å². The molecule has 0 radical (unpaired) electrons. The van der Waals surface area contributed by atoms with Gasteiger partial charge in [-0.25, -0.2) is 0 Å². The van der Waals surface area contributed by atoms with Crippen LogP contribution in [0.15, 0.2) is 18.2 Å². The van der Waals surface area contributed by atoms with Crippen LogP contribution in [0.25, 0.3) is 0 Å². The zero-order valence-corrected chi connectivity index (χ0v) is 10.8. The third-order valence-electron chi connectivity index (χ3n) is 2.31. The zero-order valence-electron chi connectivity index (χ0n) is 10.8. The maximum Gasteiger partial charge on any atom is 0.162 e. The molecule has 90 valence electrons.